The van der Waals surface area contributed by atoms with E-state index in [1.807, 2.05) is 61.5 Å². The van der Waals surface area contributed by atoms with Gasteiger partial charge in [0.2, 0.25) is 0 Å². The Labute approximate surface area is 156 Å². The van der Waals surface area contributed by atoms with Gasteiger partial charge < -0.3 is 14.1 Å². The fourth-order valence-electron chi connectivity index (χ4n) is 3.38. The summed E-state index contributed by atoms with van der Waals surface area (Å²) in [6.07, 6.45) is 2.05. The van der Waals surface area contributed by atoms with Crippen molar-refractivity contribution >= 4 is 22.4 Å². The van der Waals surface area contributed by atoms with Crippen molar-refractivity contribution in [3.63, 3.8) is 0 Å². The van der Waals surface area contributed by atoms with Crippen molar-refractivity contribution in [2.45, 2.75) is 13.5 Å². The maximum atomic E-state index is 5.55. The van der Waals surface area contributed by atoms with Crippen LogP contribution in [0.3, 0.4) is 0 Å². The van der Waals surface area contributed by atoms with E-state index in [2.05, 4.69) is 33.0 Å². The first-order valence-corrected chi connectivity index (χ1v) is 8.90. The maximum absolute atomic E-state index is 5.55. The second-order valence-electron chi connectivity index (χ2n) is 6.47. The lowest BCUT2D eigenvalue weighted by Gasteiger charge is -2.09. The third-order valence-corrected chi connectivity index (χ3v) is 4.63. The monoisotopic (exact) mass is 354 g/mol. The van der Waals surface area contributed by atoms with Gasteiger partial charge in [-0.25, -0.2) is 9.97 Å². The number of oxazole rings is 1. The molecule has 0 aliphatic heterocycles. The zero-order valence-corrected chi connectivity index (χ0v) is 14.9. The van der Waals surface area contributed by atoms with Crippen LogP contribution < -0.4 is 5.32 Å². The van der Waals surface area contributed by atoms with E-state index in [0.29, 0.717) is 12.4 Å². The standard InChI is InChI=1S/C22H18N4O/c1-15-24-18-13-17(10-11-20(18)27-15)23-14-19-22(16-7-3-2-4-8-16)25-21-9-5-6-12-26(19)21/h2-13,23H,14H2,1H3. The molecule has 0 fully saturated rings. The summed E-state index contributed by atoms with van der Waals surface area (Å²) >= 11 is 0. The molecule has 0 aliphatic carbocycles. The molecule has 5 rings (SSSR count). The van der Waals surface area contributed by atoms with Crippen LogP contribution in [0.5, 0.6) is 0 Å². The van der Waals surface area contributed by atoms with Crippen LogP contribution in [0.25, 0.3) is 28.0 Å². The zero-order valence-electron chi connectivity index (χ0n) is 14.9. The molecular formula is C22H18N4O. The number of fused-ring (bicyclic) bond motifs is 2. The van der Waals surface area contributed by atoms with Gasteiger partial charge in [-0.15, -0.1) is 0 Å². The summed E-state index contributed by atoms with van der Waals surface area (Å²) in [5.74, 6) is 0.676. The van der Waals surface area contributed by atoms with Gasteiger partial charge in [-0.1, -0.05) is 36.4 Å². The Kier molecular flexibility index (Phi) is 3.64. The number of benzene rings is 2. The smallest absolute Gasteiger partial charge is 0.192 e. The predicted octanol–water partition coefficient (Wildman–Crippen LogP) is 5.06. The molecule has 0 radical (unpaired) electrons. The highest BCUT2D eigenvalue weighted by molar-refractivity contribution is 5.77. The van der Waals surface area contributed by atoms with Crippen molar-refractivity contribution in [3.05, 3.63) is 84.5 Å². The second-order valence-corrected chi connectivity index (χ2v) is 6.47. The Morgan fingerprint density at radius 3 is 2.70 bits per heavy atom. The highest BCUT2D eigenvalue weighted by atomic mass is 16.3. The molecule has 0 unspecified atom stereocenters. The number of imidazole rings is 1. The van der Waals surface area contributed by atoms with Gasteiger partial charge in [-0.05, 0) is 30.3 Å². The van der Waals surface area contributed by atoms with Crippen molar-refractivity contribution in [1.29, 1.82) is 0 Å². The number of hydrogen-bond donors (Lipinski definition) is 1. The van der Waals surface area contributed by atoms with Crippen molar-refractivity contribution in [3.8, 4) is 11.3 Å². The van der Waals surface area contributed by atoms with E-state index in [1.54, 1.807) is 0 Å². The van der Waals surface area contributed by atoms with Crippen LogP contribution in [0.4, 0.5) is 5.69 Å². The fourth-order valence-corrected chi connectivity index (χ4v) is 3.38. The number of nitrogens with one attached hydrogen (secondary N) is 1. The van der Waals surface area contributed by atoms with Gasteiger partial charge in [0.1, 0.15) is 11.2 Å². The number of anilines is 1. The molecule has 0 amide bonds. The van der Waals surface area contributed by atoms with Gasteiger partial charge in [0.05, 0.1) is 17.9 Å². The first-order valence-electron chi connectivity index (χ1n) is 8.90. The van der Waals surface area contributed by atoms with E-state index >= 15 is 0 Å². The number of rotatable bonds is 4. The van der Waals surface area contributed by atoms with E-state index in [1.165, 1.54) is 0 Å². The van der Waals surface area contributed by atoms with E-state index in [4.69, 9.17) is 9.40 Å². The van der Waals surface area contributed by atoms with Crippen LogP contribution in [-0.4, -0.2) is 14.4 Å². The molecule has 132 valence electrons. The molecule has 2 aromatic carbocycles. The van der Waals surface area contributed by atoms with Crippen LogP contribution in [0.1, 0.15) is 11.6 Å². The van der Waals surface area contributed by atoms with E-state index < -0.39 is 0 Å². The van der Waals surface area contributed by atoms with Crippen molar-refractivity contribution in [1.82, 2.24) is 14.4 Å². The third-order valence-electron chi connectivity index (χ3n) is 4.63. The van der Waals surface area contributed by atoms with Crippen molar-refractivity contribution in [2.75, 3.05) is 5.32 Å². The molecule has 0 atom stereocenters. The lowest BCUT2D eigenvalue weighted by molar-refractivity contribution is 0.561. The molecule has 5 nitrogen and oxygen atoms in total. The van der Waals surface area contributed by atoms with Gasteiger partial charge in [0, 0.05) is 24.4 Å². The van der Waals surface area contributed by atoms with Gasteiger partial charge >= 0.3 is 0 Å². The minimum Gasteiger partial charge on any atom is -0.441 e. The molecule has 0 saturated carbocycles. The summed E-state index contributed by atoms with van der Waals surface area (Å²) < 4.78 is 7.69. The highest BCUT2D eigenvalue weighted by Gasteiger charge is 2.13. The van der Waals surface area contributed by atoms with E-state index in [9.17, 15) is 0 Å². The van der Waals surface area contributed by atoms with Crippen LogP contribution in [0.2, 0.25) is 0 Å². The SMILES string of the molecule is Cc1nc2cc(NCc3c(-c4ccccc4)nc4ccccn34)ccc2o1. The molecule has 0 bridgehead atoms. The molecule has 3 heterocycles. The summed E-state index contributed by atoms with van der Waals surface area (Å²) in [5, 5.41) is 3.51. The Hall–Kier alpha value is -3.60. The zero-order chi connectivity index (χ0) is 18.2. The topological polar surface area (TPSA) is 55.4 Å². The van der Waals surface area contributed by atoms with Crippen LogP contribution >= 0.6 is 0 Å². The van der Waals surface area contributed by atoms with Gasteiger partial charge in [-0.2, -0.15) is 0 Å². The average molecular weight is 354 g/mol. The Morgan fingerprint density at radius 2 is 1.81 bits per heavy atom. The number of hydrogen-bond acceptors (Lipinski definition) is 4. The second kappa shape index (κ2) is 6.29. The Morgan fingerprint density at radius 1 is 0.963 bits per heavy atom. The summed E-state index contributed by atoms with van der Waals surface area (Å²) in [4.78, 5) is 9.25. The average Bonchev–Trinajstić information content (AvgIpc) is 3.26. The number of aryl methyl sites for hydroxylation is 1. The summed E-state index contributed by atoms with van der Waals surface area (Å²) in [6.45, 7) is 2.51. The molecule has 1 N–H and O–H groups in total. The normalized spacial score (nSPS) is 11.3. The fraction of sp³-hybridized carbons (Fsp3) is 0.0909. The maximum Gasteiger partial charge on any atom is 0.192 e. The molecule has 0 spiro atoms. The predicted molar refractivity (Wildman–Crippen MR) is 107 cm³/mol. The summed E-state index contributed by atoms with van der Waals surface area (Å²) in [5.41, 5.74) is 6.83. The molecule has 3 aromatic heterocycles. The molecule has 0 saturated heterocycles. The lowest BCUT2D eigenvalue weighted by Crippen LogP contribution is -2.04. The van der Waals surface area contributed by atoms with E-state index in [-0.39, 0.29) is 0 Å². The van der Waals surface area contributed by atoms with Crippen molar-refractivity contribution < 1.29 is 4.42 Å². The third kappa shape index (κ3) is 2.83. The molecule has 5 heteroatoms. The number of pyridine rings is 1. The Bertz CT molecular complexity index is 1240. The van der Waals surface area contributed by atoms with Gasteiger partial charge in [-0.3, -0.25) is 0 Å². The van der Waals surface area contributed by atoms with Gasteiger partial charge in [0.25, 0.3) is 0 Å². The molecule has 27 heavy (non-hydrogen) atoms. The minimum atomic E-state index is 0.651. The Balaban J connectivity index is 1.53. The molecule has 5 aromatic rings. The van der Waals surface area contributed by atoms with Crippen LogP contribution in [0, 0.1) is 6.92 Å². The quantitative estimate of drug-likeness (QED) is 0.490. The largest absolute Gasteiger partial charge is 0.441 e. The number of nitrogens with zero attached hydrogens (tertiary/aromatic N) is 3. The highest BCUT2D eigenvalue weighted by Crippen LogP contribution is 2.26. The summed E-state index contributed by atoms with van der Waals surface area (Å²) in [7, 11) is 0. The molecular weight excluding hydrogens is 336 g/mol. The first kappa shape index (κ1) is 15.6. The van der Waals surface area contributed by atoms with Crippen LogP contribution in [-0.2, 0) is 6.54 Å². The lowest BCUT2D eigenvalue weighted by atomic mass is 10.1. The van der Waals surface area contributed by atoms with Crippen LogP contribution in [0.15, 0.2) is 77.3 Å². The summed E-state index contributed by atoms with van der Waals surface area (Å²) in [6, 6.07) is 22.3. The number of aromatic nitrogens is 3. The van der Waals surface area contributed by atoms with E-state index in [0.717, 1.165) is 39.4 Å². The first-order chi connectivity index (χ1) is 13.3. The van der Waals surface area contributed by atoms with Gasteiger partial charge in [0.15, 0.2) is 11.5 Å². The molecule has 0 aliphatic rings. The minimum absolute atomic E-state index is 0.651. The van der Waals surface area contributed by atoms with Crippen molar-refractivity contribution in [2.24, 2.45) is 0 Å².